The van der Waals surface area contributed by atoms with E-state index in [-0.39, 0.29) is 17.9 Å². The Hall–Kier alpha value is -0.760. The highest BCUT2D eigenvalue weighted by atomic mass is 32.2. The van der Waals surface area contributed by atoms with Gasteiger partial charge in [-0.25, -0.2) is 0 Å². The summed E-state index contributed by atoms with van der Waals surface area (Å²) in [5.74, 6) is 0.154. The van der Waals surface area contributed by atoms with Gasteiger partial charge < -0.3 is 15.5 Å². The zero-order valence-corrected chi connectivity index (χ0v) is 12.6. The molecule has 3 N–H and O–H groups in total. The second kappa shape index (κ2) is 8.63. The number of benzene rings is 1. The van der Waals surface area contributed by atoms with Crippen molar-refractivity contribution in [3.63, 3.8) is 0 Å². The molecule has 0 bridgehead atoms. The standard InChI is InChI=1S/C14H20F3NO2S/c1-2-5-18-7-10-3-4-12(21-9-11(20)8-19)6-13(10)14(15,16)17/h3-4,6,11,18-20H,2,5,7-9H2,1H3. The summed E-state index contributed by atoms with van der Waals surface area (Å²) in [6.45, 7) is 2.38. The van der Waals surface area contributed by atoms with Crippen LogP contribution in [-0.4, -0.2) is 35.2 Å². The Labute approximate surface area is 126 Å². The molecule has 0 spiro atoms. The summed E-state index contributed by atoms with van der Waals surface area (Å²) in [6.07, 6.45) is -4.49. The van der Waals surface area contributed by atoms with Gasteiger partial charge in [0.2, 0.25) is 0 Å². The van der Waals surface area contributed by atoms with E-state index in [0.717, 1.165) is 24.2 Å². The van der Waals surface area contributed by atoms with Crippen molar-refractivity contribution < 1.29 is 23.4 Å². The van der Waals surface area contributed by atoms with E-state index in [9.17, 15) is 18.3 Å². The van der Waals surface area contributed by atoms with Gasteiger partial charge >= 0.3 is 6.18 Å². The zero-order chi connectivity index (χ0) is 15.9. The minimum atomic E-state index is -4.41. The number of aliphatic hydroxyl groups is 2. The van der Waals surface area contributed by atoms with Gasteiger partial charge in [0.15, 0.2) is 0 Å². The minimum Gasteiger partial charge on any atom is -0.394 e. The van der Waals surface area contributed by atoms with Crippen molar-refractivity contribution in [2.45, 2.75) is 37.1 Å². The average molecular weight is 323 g/mol. The van der Waals surface area contributed by atoms with Crippen molar-refractivity contribution in [3.8, 4) is 0 Å². The first-order valence-electron chi connectivity index (χ1n) is 6.71. The average Bonchev–Trinajstić information content (AvgIpc) is 2.44. The van der Waals surface area contributed by atoms with Crippen LogP contribution in [0.4, 0.5) is 13.2 Å². The van der Waals surface area contributed by atoms with Crippen molar-refractivity contribution in [3.05, 3.63) is 29.3 Å². The summed E-state index contributed by atoms with van der Waals surface area (Å²) in [7, 11) is 0. The Bertz CT molecular complexity index is 441. The Morgan fingerprint density at radius 1 is 1.33 bits per heavy atom. The second-order valence-electron chi connectivity index (χ2n) is 4.64. The van der Waals surface area contributed by atoms with Crippen LogP contribution < -0.4 is 5.32 Å². The van der Waals surface area contributed by atoms with Crippen LogP contribution in [0, 0.1) is 0 Å². The Kier molecular flexibility index (Phi) is 7.51. The lowest BCUT2D eigenvalue weighted by atomic mass is 10.1. The molecule has 0 saturated heterocycles. The first kappa shape index (κ1) is 18.3. The van der Waals surface area contributed by atoms with Crippen molar-refractivity contribution in [2.24, 2.45) is 0 Å². The van der Waals surface area contributed by atoms with Gasteiger partial charge in [-0.1, -0.05) is 13.0 Å². The maximum atomic E-state index is 13.1. The molecule has 1 unspecified atom stereocenters. The van der Waals surface area contributed by atoms with E-state index in [1.165, 1.54) is 6.07 Å². The van der Waals surface area contributed by atoms with Gasteiger partial charge in [0.05, 0.1) is 18.3 Å². The van der Waals surface area contributed by atoms with Crippen LogP contribution in [0.25, 0.3) is 0 Å². The molecule has 120 valence electrons. The van der Waals surface area contributed by atoms with Crippen molar-refractivity contribution in [2.75, 3.05) is 18.9 Å². The monoisotopic (exact) mass is 323 g/mol. The maximum Gasteiger partial charge on any atom is 0.416 e. The zero-order valence-electron chi connectivity index (χ0n) is 11.8. The molecule has 0 radical (unpaired) electrons. The van der Waals surface area contributed by atoms with E-state index in [1.54, 1.807) is 6.07 Å². The largest absolute Gasteiger partial charge is 0.416 e. The van der Waals surface area contributed by atoms with Crippen molar-refractivity contribution >= 4 is 11.8 Å². The fourth-order valence-electron chi connectivity index (χ4n) is 1.71. The minimum absolute atomic E-state index is 0.154. The van der Waals surface area contributed by atoms with E-state index in [0.29, 0.717) is 11.4 Å². The first-order chi connectivity index (χ1) is 9.88. The van der Waals surface area contributed by atoms with Gasteiger partial charge in [0.25, 0.3) is 0 Å². The molecule has 1 atom stereocenters. The lowest BCUT2D eigenvalue weighted by Gasteiger charge is -2.15. The molecule has 7 heteroatoms. The van der Waals surface area contributed by atoms with Gasteiger partial charge in [-0.3, -0.25) is 0 Å². The molecule has 1 aromatic carbocycles. The Morgan fingerprint density at radius 2 is 2.05 bits per heavy atom. The van der Waals surface area contributed by atoms with E-state index in [2.05, 4.69) is 5.32 Å². The van der Waals surface area contributed by atoms with E-state index in [4.69, 9.17) is 5.11 Å². The van der Waals surface area contributed by atoms with Crippen LogP contribution in [0.5, 0.6) is 0 Å². The maximum absolute atomic E-state index is 13.1. The molecule has 3 nitrogen and oxygen atoms in total. The number of thioether (sulfide) groups is 1. The second-order valence-corrected chi connectivity index (χ2v) is 5.73. The summed E-state index contributed by atoms with van der Waals surface area (Å²) < 4.78 is 39.2. The highest BCUT2D eigenvalue weighted by Crippen LogP contribution is 2.35. The molecule has 0 amide bonds. The smallest absolute Gasteiger partial charge is 0.394 e. The highest BCUT2D eigenvalue weighted by molar-refractivity contribution is 7.99. The van der Waals surface area contributed by atoms with Crippen LogP contribution in [0.3, 0.4) is 0 Å². The molecular formula is C14H20F3NO2S. The quantitative estimate of drug-likeness (QED) is 0.508. The molecule has 0 heterocycles. The first-order valence-corrected chi connectivity index (χ1v) is 7.69. The van der Waals surface area contributed by atoms with Gasteiger partial charge in [0, 0.05) is 17.2 Å². The summed E-state index contributed by atoms with van der Waals surface area (Å²) >= 11 is 1.09. The number of halogens is 3. The predicted octanol–water partition coefficient (Wildman–Crippen LogP) is 2.65. The Balaban J connectivity index is 2.86. The molecule has 0 aliphatic heterocycles. The lowest BCUT2D eigenvalue weighted by molar-refractivity contribution is -0.138. The number of aliphatic hydroxyl groups excluding tert-OH is 2. The van der Waals surface area contributed by atoms with Gasteiger partial charge in [0.1, 0.15) is 0 Å². The van der Waals surface area contributed by atoms with Gasteiger partial charge in [-0.05, 0) is 30.7 Å². The third-order valence-electron chi connectivity index (χ3n) is 2.78. The molecule has 0 aliphatic carbocycles. The van der Waals surface area contributed by atoms with Crippen LogP contribution in [-0.2, 0) is 12.7 Å². The number of nitrogens with one attached hydrogen (secondary N) is 1. The molecule has 21 heavy (non-hydrogen) atoms. The van der Waals surface area contributed by atoms with E-state index < -0.39 is 24.5 Å². The highest BCUT2D eigenvalue weighted by Gasteiger charge is 2.33. The molecular weight excluding hydrogens is 303 g/mol. The van der Waals surface area contributed by atoms with E-state index in [1.807, 2.05) is 6.92 Å². The van der Waals surface area contributed by atoms with Crippen LogP contribution in [0.15, 0.2) is 23.1 Å². The van der Waals surface area contributed by atoms with Crippen LogP contribution >= 0.6 is 11.8 Å². The summed E-state index contributed by atoms with van der Waals surface area (Å²) in [5.41, 5.74) is -0.447. The lowest BCUT2D eigenvalue weighted by Crippen LogP contribution is -2.18. The van der Waals surface area contributed by atoms with E-state index >= 15 is 0 Å². The number of alkyl halides is 3. The van der Waals surface area contributed by atoms with Crippen LogP contribution in [0.2, 0.25) is 0 Å². The summed E-state index contributed by atoms with van der Waals surface area (Å²) in [6, 6.07) is 4.16. The third kappa shape index (κ3) is 6.25. The molecule has 1 rings (SSSR count). The van der Waals surface area contributed by atoms with Crippen molar-refractivity contribution in [1.82, 2.24) is 5.32 Å². The molecule has 0 saturated carbocycles. The topological polar surface area (TPSA) is 52.5 Å². The summed E-state index contributed by atoms with van der Waals surface area (Å²) in [4.78, 5) is 0.425. The molecule has 0 aliphatic rings. The Morgan fingerprint density at radius 3 is 2.62 bits per heavy atom. The number of rotatable bonds is 8. The van der Waals surface area contributed by atoms with Gasteiger partial charge in [-0.15, -0.1) is 11.8 Å². The normalized spacial score (nSPS) is 13.4. The predicted molar refractivity (Wildman–Crippen MR) is 77.3 cm³/mol. The van der Waals surface area contributed by atoms with Crippen molar-refractivity contribution in [1.29, 1.82) is 0 Å². The van der Waals surface area contributed by atoms with Gasteiger partial charge in [-0.2, -0.15) is 13.2 Å². The fourth-order valence-corrected chi connectivity index (χ4v) is 2.56. The number of hydrogen-bond donors (Lipinski definition) is 3. The summed E-state index contributed by atoms with van der Waals surface area (Å²) in [5, 5.41) is 20.9. The fraction of sp³-hybridized carbons (Fsp3) is 0.571. The molecule has 1 aromatic rings. The van der Waals surface area contributed by atoms with Crippen LogP contribution in [0.1, 0.15) is 24.5 Å². The third-order valence-corrected chi connectivity index (χ3v) is 3.92. The molecule has 0 fully saturated rings. The number of hydrogen-bond acceptors (Lipinski definition) is 4. The SMILES string of the molecule is CCCNCc1ccc(SCC(O)CO)cc1C(F)(F)F. The molecule has 0 aromatic heterocycles.